The molecule has 2 amide bonds. The minimum Gasteiger partial charge on any atom is -0.305 e. The Morgan fingerprint density at radius 1 is 1.21 bits per heavy atom. The Labute approximate surface area is 110 Å². The Hall–Kier alpha value is -1.75. The second-order valence-corrected chi connectivity index (χ2v) is 5.15. The maximum absolute atomic E-state index is 12.9. The fourth-order valence-electron chi connectivity index (χ4n) is 2.28. The Kier molecular flexibility index (Phi) is 3.06. The van der Waals surface area contributed by atoms with Crippen molar-refractivity contribution in [2.24, 2.45) is 5.92 Å². The van der Waals surface area contributed by atoms with Gasteiger partial charge in [-0.25, -0.2) is 9.29 Å². The van der Waals surface area contributed by atoms with Gasteiger partial charge in [-0.3, -0.25) is 9.59 Å². The lowest BCUT2D eigenvalue weighted by molar-refractivity contribution is -0.121. The van der Waals surface area contributed by atoms with Gasteiger partial charge in [-0.1, -0.05) is 0 Å². The van der Waals surface area contributed by atoms with Crippen molar-refractivity contribution in [3.05, 3.63) is 30.1 Å². The summed E-state index contributed by atoms with van der Waals surface area (Å²) >= 11 is 0. The molecule has 1 aromatic carbocycles. The molecule has 5 heteroatoms. The average Bonchev–Trinajstić information content (AvgIpc) is 3.16. The van der Waals surface area contributed by atoms with Gasteiger partial charge in [0.15, 0.2) is 0 Å². The largest absolute Gasteiger partial charge is 0.305 e. The number of amides is 2. The van der Waals surface area contributed by atoms with Crippen LogP contribution in [0.15, 0.2) is 24.3 Å². The average molecular weight is 262 g/mol. The highest BCUT2D eigenvalue weighted by atomic mass is 19.1. The minimum absolute atomic E-state index is 0.183. The summed E-state index contributed by atoms with van der Waals surface area (Å²) in [5, 5.41) is 3.15. The van der Waals surface area contributed by atoms with E-state index in [1.54, 1.807) is 0 Å². The third-order valence-corrected chi connectivity index (χ3v) is 3.58. The fraction of sp³-hybridized carbons (Fsp3) is 0.429. The molecule has 1 aliphatic heterocycles. The predicted octanol–water partition coefficient (Wildman–Crippen LogP) is 1.46. The molecule has 1 N–H and O–H groups in total. The van der Waals surface area contributed by atoms with Crippen molar-refractivity contribution >= 4 is 17.5 Å². The Morgan fingerprint density at radius 2 is 1.89 bits per heavy atom. The third kappa shape index (κ3) is 2.51. The molecule has 1 saturated heterocycles. The Morgan fingerprint density at radius 3 is 2.53 bits per heavy atom. The zero-order valence-corrected chi connectivity index (χ0v) is 10.4. The molecule has 1 heterocycles. The normalized spacial score (nSPS) is 23.2. The summed E-state index contributed by atoms with van der Waals surface area (Å²) in [5.41, 5.74) is 0.437. The standard InChI is InChI=1S/C14H15FN2O2/c15-10-3-5-11(6-4-10)17-13(18)7-12(14(17)19)16-8-9-1-2-9/h3-6,9,12,16H,1-2,7-8H2. The molecule has 19 heavy (non-hydrogen) atoms. The number of hydrogen-bond acceptors (Lipinski definition) is 3. The number of anilines is 1. The second-order valence-electron chi connectivity index (χ2n) is 5.15. The van der Waals surface area contributed by atoms with E-state index in [0.29, 0.717) is 11.6 Å². The van der Waals surface area contributed by atoms with Crippen LogP contribution in [0, 0.1) is 11.7 Å². The van der Waals surface area contributed by atoms with Crippen molar-refractivity contribution in [2.45, 2.75) is 25.3 Å². The van der Waals surface area contributed by atoms with Gasteiger partial charge in [0.05, 0.1) is 18.2 Å². The van der Waals surface area contributed by atoms with Crippen LogP contribution in [0.4, 0.5) is 10.1 Å². The van der Waals surface area contributed by atoms with E-state index in [4.69, 9.17) is 0 Å². The highest BCUT2D eigenvalue weighted by Gasteiger charge is 2.39. The molecule has 100 valence electrons. The van der Waals surface area contributed by atoms with Gasteiger partial charge in [-0.15, -0.1) is 0 Å². The van der Waals surface area contributed by atoms with E-state index < -0.39 is 6.04 Å². The molecule has 0 radical (unpaired) electrons. The lowest BCUT2D eigenvalue weighted by Crippen LogP contribution is -2.39. The summed E-state index contributed by atoms with van der Waals surface area (Å²) < 4.78 is 12.9. The van der Waals surface area contributed by atoms with Crippen LogP contribution in [-0.2, 0) is 9.59 Å². The van der Waals surface area contributed by atoms with E-state index in [2.05, 4.69) is 5.32 Å². The molecule has 1 unspecified atom stereocenters. The number of rotatable bonds is 4. The first-order chi connectivity index (χ1) is 9.15. The summed E-state index contributed by atoms with van der Waals surface area (Å²) in [5.74, 6) is -0.198. The minimum atomic E-state index is -0.432. The van der Waals surface area contributed by atoms with Crippen LogP contribution in [-0.4, -0.2) is 24.4 Å². The summed E-state index contributed by atoms with van der Waals surface area (Å²) in [6, 6.07) is 4.97. The Balaban J connectivity index is 1.72. The third-order valence-electron chi connectivity index (χ3n) is 3.58. The van der Waals surface area contributed by atoms with E-state index in [-0.39, 0.29) is 24.1 Å². The quantitative estimate of drug-likeness (QED) is 0.836. The van der Waals surface area contributed by atoms with Crippen molar-refractivity contribution in [3.63, 3.8) is 0 Å². The van der Waals surface area contributed by atoms with E-state index in [9.17, 15) is 14.0 Å². The molecule has 1 saturated carbocycles. The van der Waals surface area contributed by atoms with Crippen molar-refractivity contribution in [3.8, 4) is 0 Å². The number of carbonyl (C=O) groups is 2. The Bertz CT molecular complexity index is 511. The van der Waals surface area contributed by atoms with Gasteiger partial charge in [-0.05, 0) is 49.6 Å². The smallest absolute Gasteiger partial charge is 0.251 e. The zero-order valence-electron chi connectivity index (χ0n) is 10.4. The first kappa shape index (κ1) is 12.3. The van der Waals surface area contributed by atoms with Crippen molar-refractivity contribution in [1.82, 2.24) is 5.32 Å². The molecule has 1 aliphatic carbocycles. The number of halogens is 1. The molecular weight excluding hydrogens is 247 g/mol. The highest BCUT2D eigenvalue weighted by Crippen LogP contribution is 2.29. The van der Waals surface area contributed by atoms with Gasteiger partial charge >= 0.3 is 0 Å². The molecular formula is C14H15FN2O2. The van der Waals surface area contributed by atoms with Crippen LogP contribution < -0.4 is 10.2 Å². The van der Waals surface area contributed by atoms with Crippen molar-refractivity contribution in [1.29, 1.82) is 0 Å². The van der Waals surface area contributed by atoms with Gasteiger partial charge in [0, 0.05) is 0 Å². The van der Waals surface area contributed by atoms with E-state index in [1.165, 1.54) is 37.1 Å². The molecule has 2 aliphatic rings. The maximum Gasteiger partial charge on any atom is 0.251 e. The summed E-state index contributed by atoms with van der Waals surface area (Å²) in [7, 11) is 0. The van der Waals surface area contributed by atoms with E-state index >= 15 is 0 Å². The lowest BCUT2D eigenvalue weighted by atomic mass is 10.2. The van der Waals surface area contributed by atoms with Crippen LogP contribution in [0.1, 0.15) is 19.3 Å². The SMILES string of the molecule is O=C1CC(NCC2CC2)C(=O)N1c1ccc(F)cc1. The molecule has 0 bridgehead atoms. The van der Waals surface area contributed by atoms with Crippen LogP contribution in [0.2, 0.25) is 0 Å². The highest BCUT2D eigenvalue weighted by molar-refractivity contribution is 6.22. The van der Waals surface area contributed by atoms with Gasteiger partial charge < -0.3 is 5.32 Å². The molecule has 4 nitrogen and oxygen atoms in total. The van der Waals surface area contributed by atoms with Crippen LogP contribution in [0.3, 0.4) is 0 Å². The lowest BCUT2D eigenvalue weighted by Gasteiger charge is -2.15. The van der Waals surface area contributed by atoms with Gasteiger partial charge in [0.1, 0.15) is 5.82 Å². The topological polar surface area (TPSA) is 49.4 Å². The molecule has 1 aromatic rings. The number of imide groups is 1. The van der Waals surface area contributed by atoms with Crippen LogP contribution in [0.5, 0.6) is 0 Å². The first-order valence-electron chi connectivity index (χ1n) is 6.51. The molecule has 2 fully saturated rings. The van der Waals surface area contributed by atoms with Gasteiger partial charge in [-0.2, -0.15) is 0 Å². The van der Waals surface area contributed by atoms with Crippen LogP contribution >= 0.6 is 0 Å². The van der Waals surface area contributed by atoms with Crippen LogP contribution in [0.25, 0.3) is 0 Å². The number of carbonyl (C=O) groups excluding carboxylic acids is 2. The van der Waals surface area contributed by atoms with E-state index in [0.717, 1.165) is 11.4 Å². The number of benzene rings is 1. The number of hydrogen-bond donors (Lipinski definition) is 1. The number of nitrogens with one attached hydrogen (secondary N) is 1. The second kappa shape index (κ2) is 4.74. The summed E-state index contributed by atoms with van der Waals surface area (Å²) in [6.07, 6.45) is 2.58. The van der Waals surface area contributed by atoms with E-state index in [1.807, 2.05) is 0 Å². The maximum atomic E-state index is 12.9. The van der Waals surface area contributed by atoms with Crippen molar-refractivity contribution in [2.75, 3.05) is 11.4 Å². The molecule has 3 rings (SSSR count). The van der Waals surface area contributed by atoms with Gasteiger partial charge in [0.25, 0.3) is 5.91 Å². The fourth-order valence-corrected chi connectivity index (χ4v) is 2.28. The molecule has 1 atom stereocenters. The predicted molar refractivity (Wildman–Crippen MR) is 68.0 cm³/mol. The molecule has 0 aromatic heterocycles. The summed E-state index contributed by atoms with van der Waals surface area (Å²) in [6.45, 7) is 0.793. The zero-order chi connectivity index (χ0) is 13.4. The monoisotopic (exact) mass is 262 g/mol. The summed E-state index contributed by atoms with van der Waals surface area (Å²) in [4.78, 5) is 25.2. The van der Waals surface area contributed by atoms with Gasteiger partial charge in [0.2, 0.25) is 5.91 Å². The number of nitrogens with zero attached hydrogens (tertiary/aromatic N) is 1. The molecule has 0 spiro atoms. The first-order valence-corrected chi connectivity index (χ1v) is 6.51. The van der Waals surface area contributed by atoms with Crippen molar-refractivity contribution < 1.29 is 14.0 Å².